The number of amides is 1. The van der Waals surface area contributed by atoms with Crippen molar-refractivity contribution in [2.45, 2.75) is 13.0 Å². The van der Waals surface area contributed by atoms with Gasteiger partial charge in [0.25, 0.3) is 0 Å². The standard InChI is InChI=1S/C26H22N2O2/c29-26(27-23-11-10-20-8-4-5-9-21(20)16-23)30-24-12-13-25-22(17-24)14-15-28(25)18-19-6-2-1-3-7-19/h1-13,16-17H,14-15,18H2,(H,27,29). The van der Waals surface area contributed by atoms with Gasteiger partial charge in [-0.3, -0.25) is 5.32 Å². The van der Waals surface area contributed by atoms with Gasteiger partial charge in [-0.05, 0) is 58.7 Å². The van der Waals surface area contributed by atoms with Crippen molar-refractivity contribution in [3.05, 3.63) is 102 Å². The molecule has 1 heterocycles. The fraction of sp³-hybridized carbons (Fsp3) is 0.115. The van der Waals surface area contributed by atoms with Crippen LogP contribution in [0, 0.1) is 0 Å². The summed E-state index contributed by atoms with van der Waals surface area (Å²) in [7, 11) is 0. The van der Waals surface area contributed by atoms with E-state index < -0.39 is 6.09 Å². The van der Waals surface area contributed by atoms with Crippen LogP contribution in [-0.2, 0) is 13.0 Å². The summed E-state index contributed by atoms with van der Waals surface area (Å²) in [6.45, 7) is 1.85. The number of rotatable bonds is 4. The Hall–Kier alpha value is -3.79. The average molecular weight is 394 g/mol. The Morgan fingerprint density at radius 2 is 1.67 bits per heavy atom. The van der Waals surface area contributed by atoms with Gasteiger partial charge < -0.3 is 9.64 Å². The quantitative estimate of drug-likeness (QED) is 0.461. The molecular weight excluding hydrogens is 372 g/mol. The van der Waals surface area contributed by atoms with Gasteiger partial charge in [-0.15, -0.1) is 0 Å². The number of fused-ring (bicyclic) bond motifs is 2. The van der Waals surface area contributed by atoms with Crippen LogP contribution in [0.4, 0.5) is 16.2 Å². The van der Waals surface area contributed by atoms with E-state index in [1.165, 1.54) is 16.8 Å². The van der Waals surface area contributed by atoms with E-state index in [1.807, 2.05) is 66.7 Å². The second kappa shape index (κ2) is 7.91. The Balaban J connectivity index is 1.26. The highest BCUT2D eigenvalue weighted by Crippen LogP contribution is 2.32. The summed E-state index contributed by atoms with van der Waals surface area (Å²) in [5, 5.41) is 5.03. The van der Waals surface area contributed by atoms with Gasteiger partial charge in [0.1, 0.15) is 5.75 Å². The van der Waals surface area contributed by atoms with E-state index >= 15 is 0 Å². The lowest BCUT2D eigenvalue weighted by Gasteiger charge is -2.19. The van der Waals surface area contributed by atoms with Gasteiger partial charge in [0.2, 0.25) is 0 Å². The first-order chi connectivity index (χ1) is 14.7. The zero-order chi connectivity index (χ0) is 20.3. The van der Waals surface area contributed by atoms with Gasteiger partial charge >= 0.3 is 6.09 Å². The van der Waals surface area contributed by atoms with Crippen molar-refractivity contribution >= 4 is 28.2 Å². The number of benzene rings is 4. The smallest absolute Gasteiger partial charge is 0.410 e. The SMILES string of the molecule is O=C(Nc1ccc2ccccc2c1)Oc1ccc2c(c1)CCN2Cc1ccccc1. The molecule has 0 radical (unpaired) electrons. The second-order valence-electron chi connectivity index (χ2n) is 7.52. The van der Waals surface area contributed by atoms with E-state index in [0.717, 1.165) is 30.3 Å². The molecule has 0 fully saturated rings. The van der Waals surface area contributed by atoms with Crippen LogP contribution in [0.3, 0.4) is 0 Å². The Bertz CT molecular complexity index is 1200. The molecule has 4 heteroatoms. The number of ether oxygens (including phenoxy) is 1. The fourth-order valence-corrected chi connectivity index (χ4v) is 4.00. The molecular formula is C26H22N2O2. The molecule has 0 unspecified atom stereocenters. The largest absolute Gasteiger partial charge is 0.417 e. The topological polar surface area (TPSA) is 41.6 Å². The summed E-state index contributed by atoms with van der Waals surface area (Å²) in [5.74, 6) is 0.564. The molecule has 148 valence electrons. The summed E-state index contributed by atoms with van der Waals surface area (Å²) in [5.41, 5.74) is 4.43. The van der Waals surface area contributed by atoms with E-state index in [1.54, 1.807) is 0 Å². The fourth-order valence-electron chi connectivity index (χ4n) is 4.00. The van der Waals surface area contributed by atoms with Crippen molar-refractivity contribution in [1.29, 1.82) is 0 Å². The van der Waals surface area contributed by atoms with Crippen molar-refractivity contribution in [2.24, 2.45) is 0 Å². The van der Waals surface area contributed by atoms with Gasteiger partial charge in [0, 0.05) is 24.5 Å². The molecule has 4 aromatic carbocycles. The Morgan fingerprint density at radius 1 is 0.867 bits per heavy atom. The van der Waals surface area contributed by atoms with E-state index in [2.05, 4.69) is 34.5 Å². The number of anilines is 2. The highest BCUT2D eigenvalue weighted by atomic mass is 16.6. The molecule has 0 saturated heterocycles. The van der Waals surface area contributed by atoms with E-state index in [4.69, 9.17) is 4.74 Å². The van der Waals surface area contributed by atoms with E-state index in [-0.39, 0.29) is 0 Å². The third-order valence-electron chi connectivity index (χ3n) is 5.47. The van der Waals surface area contributed by atoms with Crippen LogP contribution in [-0.4, -0.2) is 12.6 Å². The van der Waals surface area contributed by atoms with Gasteiger partial charge in [-0.2, -0.15) is 0 Å². The summed E-state index contributed by atoms with van der Waals surface area (Å²) in [6.07, 6.45) is 0.468. The molecule has 4 nitrogen and oxygen atoms in total. The minimum atomic E-state index is -0.482. The van der Waals surface area contributed by atoms with Crippen molar-refractivity contribution in [2.75, 3.05) is 16.8 Å². The zero-order valence-corrected chi connectivity index (χ0v) is 16.5. The lowest BCUT2D eigenvalue weighted by molar-refractivity contribution is 0.215. The molecule has 0 aliphatic carbocycles. The summed E-state index contributed by atoms with van der Waals surface area (Å²) < 4.78 is 5.54. The van der Waals surface area contributed by atoms with Crippen LogP contribution in [0.15, 0.2) is 91.0 Å². The van der Waals surface area contributed by atoms with Gasteiger partial charge in [0.15, 0.2) is 0 Å². The molecule has 1 N–H and O–H groups in total. The third kappa shape index (κ3) is 3.85. The Morgan fingerprint density at radius 3 is 2.53 bits per heavy atom. The Labute approximate surface area is 175 Å². The predicted octanol–water partition coefficient (Wildman–Crippen LogP) is 6.01. The molecule has 0 spiro atoms. The highest BCUT2D eigenvalue weighted by Gasteiger charge is 2.20. The molecule has 5 rings (SSSR count). The van der Waals surface area contributed by atoms with Crippen LogP contribution >= 0.6 is 0 Å². The normalized spacial score (nSPS) is 12.6. The highest BCUT2D eigenvalue weighted by molar-refractivity contribution is 5.92. The summed E-state index contributed by atoms with van der Waals surface area (Å²) in [6, 6.07) is 30.2. The third-order valence-corrected chi connectivity index (χ3v) is 5.47. The lowest BCUT2D eigenvalue weighted by atomic mass is 10.1. The molecule has 0 atom stereocenters. The van der Waals surface area contributed by atoms with Crippen molar-refractivity contribution in [3.63, 3.8) is 0 Å². The molecule has 1 aliphatic heterocycles. The van der Waals surface area contributed by atoms with Crippen LogP contribution < -0.4 is 15.0 Å². The maximum Gasteiger partial charge on any atom is 0.417 e. The summed E-state index contributed by atoms with van der Waals surface area (Å²) in [4.78, 5) is 14.7. The van der Waals surface area contributed by atoms with Crippen LogP contribution in [0.2, 0.25) is 0 Å². The molecule has 1 amide bonds. The van der Waals surface area contributed by atoms with Crippen LogP contribution in [0.25, 0.3) is 10.8 Å². The van der Waals surface area contributed by atoms with Crippen molar-refractivity contribution in [1.82, 2.24) is 0 Å². The number of nitrogens with one attached hydrogen (secondary N) is 1. The first kappa shape index (κ1) is 18.3. The molecule has 30 heavy (non-hydrogen) atoms. The molecule has 0 aromatic heterocycles. The zero-order valence-electron chi connectivity index (χ0n) is 16.5. The number of carbonyl (C=O) groups is 1. The van der Waals surface area contributed by atoms with Gasteiger partial charge in [-0.25, -0.2) is 4.79 Å². The first-order valence-corrected chi connectivity index (χ1v) is 10.1. The molecule has 0 saturated carbocycles. The molecule has 4 aromatic rings. The minimum Gasteiger partial charge on any atom is -0.410 e. The van der Waals surface area contributed by atoms with Crippen LogP contribution in [0.5, 0.6) is 5.75 Å². The van der Waals surface area contributed by atoms with Gasteiger partial charge in [0.05, 0.1) is 0 Å². The van der Waals surface area contributed by atoms with Crippen LogP contribution in [0.1, 0.15) is 11.1 Å². The number of nitrogens with zero attached hydrogens (tertiary/aromatic N) is 1. The first-order valence-electron chi connectivity index (χ1n) is 10.1. The second-order valence-corrected chi connectivity index (χ2v) is 7.52. The lowest BCUT2D eigenvalue weighted by Crippen LogP contribution is -2.19. The van der Waals surface area contributed by atoms with Crippen molar-refractivity contribution < 1.29 is 9.53 Å². The monoisotopic (exact) mass is 394 g/mol. The molecule has 0 bridgehead atoms. The predicted molar refractivity (Wildman–Crippen MR) is 121 cm³/mol. The van der Waals surface area contributed by atoms with Gasteiger partial charge in [-0.1, -0.05) is 60.7 Å². The Kier molecular flexibility index (Phi) is 4.81. The minimum absolute atomic E-state index is 0.482. The average Bonchev–Trinajstić information content (AvgIpc) is 3.16. The summed E-state index contributed by atoms with van der Waals surface area (Å²) >= 11 is 0. The molecule has 1 aliphatic rings. The maximum atomic E-state index is 12.4. The number of hydrogen-bond acceptors (Lipinski definition) is 3. The number of carbonyl (C=O) groups excluding carboxylic acids is 1. The number of hydrogen-bond donors (Lipinski definition) is 1. The van der Waals surface area contributed by atoms with E-state index in [9.17, 15) is 4.79 Å². The van der Waals surface area contributed by atoms with E-state index in [0.29, 0.717) is 11.4 Å². The van der Waals surface area contributed by atoms with Crippen molar-refractivity contribution in [3.8, 4) is 5.75 Å². The maximum absolute atomic E-state index is 12.4.